The smallest absolute Gasteiger partial charge is 0.264 e. The second kappa shape index (κ2) is 6.49. The largest absolute Gasteiger partial charge is 0.317 e. The van der Waals surface area contributed by atoms with E-state index in [0.717, 1.165) is 37.3 Å². The first-order chi connectivity index (χ1) is 11.8. The first kappa shape index (κ1) is 15.0. The highest BCUT2D eigenvalue weighted by molar-refractivity contribution is 5.64. The molecule has 122 valence electrons. The van der Waals surface area contributed by atoms with Gasteiger partial charge in [0.2, 0.25) is 0 Å². The number of hydrogen-bond donors (Lipinski definition) is 2. The Morgan fingerprint density at radius 1 is 0.875 bits per heavy atom. The molecule has 1 aliphatic rings. The van der Waals surface area contributed by atoms with Gasteiger partial charge < -0.3 is 5.32 Å². The zero-order valence-corrected chi connectivity index (χ0v) is 13.5. The molecule has 0 saturated carbocycles. The van der Waals surface area contributed by atoms with Crippen LogP contribution in [0.25, 0.3) is 16.8 Å². The van der Waals surface area contributed by atoms with E-state index in [1.54, 1.807) is 6.07 Å². The molecule has 0 aliphatic carbocycles. The van der Waals surface area contributed by atoms with Gasteiger partial charge in [-0.05, 0) is 49.2 Å². The fourth-order valence-electron chi connectivity index (χ4n) is 3.47. The molecule has 1 saturated heterocycles. The lowest BCUT2D eigenvalue weighted by Gasteiger charge is -2.23. The lowest BCUT2D eigenvalue weighted by Crippen LogP contribution is -2.27. The van der Waals surface area contributed by atoms with Crippen LogP contribution in [0, 0.1) is 0 Å². The van der Waals surface area contributed by atoms with Gasteiger partial charge >= 0.3 is 0 Å². The van der Waals surface area contributed by atoms with E-state index < -0.39 is 0 Å². The van der Waals surface area contributed by atoms with Gasteiger partial charge in [-0.1, -0.05) is 42.5 Å². The summed E-state index contributed by atoms with van der Waals surface area (Å²) in [6.07, 6.45) is 2.14. The van der Waals surface area contributed by atoms with Gasteiger partial charge in [-0.25, -0.2) is 0 Å². The molecule has 0 radical (unpaired) electrons. The van der Waals surface area contributed by atoms with Gasteiger partial charge in [-0.2, -0.15) is 0 Å². The highest BCUT2D eigenvalue weighted by Crippen LogP contribution is 2.27. The van der Waals surface area contributed by atoms with E-state index in [1.165, 1.54) is 11.1 Å². The first-order valence-corrected chi connectivity index (χ1v) is 8.50. The molecule has 0 atom stereocenters. The van der Waals surface area contributed by atoms with Crippen molar-refractivity contribution in [3.63, 3.8) is 0 Å². The molecule has 1 fully saturated rings. The number of benzene rings is 2. The standard InChI is InChI=1S/C20H21N3O/c24-20-14-19(17-10-12-21-13-11-17)23(22-20)18-8-6-16(7-9-18)15-4-2-1-3-5-15/h1-9,14,17,21H,10-13H2,(H,22,24). The summed E-state index contributed by atoms with van der Waals surface area (Å²) in [6, 6.07) is 20.4. The Morgan fingerprint density at radius 2 is 1.54 bits per heavy atom. The molecule has 3 aromatic rings. The van der Waals surface area contributed by atoms with Crippen molar-refractivity contribution < 1.29 is 0 Å². The topological polar surface area (TPSA) is 49.8 Å². The van der Waals surface area contributed by atoms with E-state index >= 15 is 0 Å². The van der Waals surface area contributed by atoms with Crippen LogP contribution in [-0.2, 0) is 0 Å². The van der Waals surface area contributed by atoms with E-state index in [9.17, 15) is 4.79 Å². The van der Waals surface area contributed by atoms with Crippen LogP contribution in [-0.4, -0.2) is 22.9 Å². The maximum Gasteiger partial charge on any atom is 0.264 e. The van der Waals surface area contributed by atoms with Crippen molar-refractivity contribution >= 4 is 0 Å². The molecule has 0 amide bonds. The fraction of sp³-hybridized carbons (Fsp3) is 0.250. The summed E-state index contributed by atoms with van der Waals surface area (Å²) in [5.41, 5.74) is 4.44. The van der Waals surface area contributed by atoms with Crippen LogP contribution in [0.15, 0.2) is 65.5 Å². The van der Waals surface area contributed by atoms with Gasteiger partial charge in [0.15, 0.2) is 0 Å². The van der Waals surface area contributed by atoms with E-state index in [0.29, 0.717) is 5.92 Å². The number of aromatic nitrogens is 2. The van der Waals surface area contributed by atoms with Gasteiger partial charge in [-0.3, -0.25) is 14.6 Å². The molecule has 4 nitrogen and oxygen atoms in total. The minimum atomic E-state index is -0.0318. The molecule has 0 bridgehead atoms. The van der Waals surface area contributed by atoms with Crippen molar-refractivity contribution in [3.8, 4) is 16.8 Å². The predicted octanol–water partition coefficient (Wildman–Crippen LogP) is 3.30. The number of piperidine rings is 1. The summed E-state index contributed by atoms with van der Waals surface area (Å²) in [4.78, 5) is 11.9. The Kier molecular flexibility index (Phi) is 4.05. The molecular weight excluding hydrogens is 298 g/mol. The monoisotopic (exact) mass is 319 g/mol. The van der Waals surface area contributed by atoms with Crippen molar-refractivity contribution in [1.82, 2.24) is 15.1 Å². The highest BCUT2D eigenvalue weighted by Gasteiger charge is 2.20. The second-order valence-electron chi connectivity index (χ2n) is 6.32. The van der Waals surface area contributed by atoms with Crippen molar-refractivity contribution in [3.05, 3.63) is 76.7 Å². The summed E-state index contributed by atoms with van der Waals surface area (Å²) < 4.78 is 1.95. The van der Waals surface area contributed by atoms with Crippen LogP contribution in [0.1, 0.15) is 24.5 Å². The normalized spacial score (nSPS) is 15.5. The summed E-state index contributed by atoms with van der Waals surface area (Å²) >= 11 is 0. The van der Waals surface area contributed by atoms with Crippen LogP contribution in [0.4, 0.5) is 0 Å². The van der Waals surface area contributed by atoms with Gasteiger partial charge in [0.25, 0.3) is 5.56 Å². The van der Waals surface area contributed by atoms with Crippen LogP contribution in [0.5, 0.6) is 0 Å². The molecule has 4 rings (SSSR count). The maximum absolute atomic E-state index is 11.9. The molecule has 0 spiro atoms. The van der Waals surface area contributed by atoms with E-state index in [4.69, 9.17) is 0 Å². The van der Waals surface area contributed by atoms with E-state index in [2.05, 4.69) is 46.8 Å². The average molecular weight is 319 g/mol. The van der Waals surface area contributed by atoms with Crippen molar-refractivity contribution in [2.45, 2.75) is 18.8 Å². The third kappa shape index (κ3) is 2.93. The SMILES string of the molecule is O=c1cc(C2CCNCC2)n(-c2ccc(-c3ccccc3)cc2)[nH]1. The van der Waals surface area contributed by atoms with Gasteiger partial charge in [-0.15, -0.1) is 0 Å². The highest BCUT2D eigenvalue weighted by atomic mass is 16.1. The Labute approximate surface area is 141 Å². The Hall–Kier alpha value is -2.59. The quantitative estimate of drug-likeness (QED) is 0.778. The summed E-state index contributed by atoms with van der Waals surface area (Å²) in [5.74, 6) is 0.430. The molecular formula is C20H21N3O. The van der Waals surface area contributed by atoms with Crippen LogP contribution in [0.3, 0.4) is 0 Å². The van der Waals surface area contributed by atoms with Crippen molar-refractivity contribution in [1.29, 1.82) is 0 Å². The van der Waals surface area contributed by atoms with Crippen LogP contribution >= 0.6 is 0 Å². The Morgan fingerprint density at radius 3 is 2.25 bits per heavy atom. The third-order valence-electron chi connectivity index (χ3n) is 4.75. The molecule has 2 N–H and O–H groups in total. The third-order valence-corrected chi connectivity index (χ3v) is 4.75. The molecule has 2 aromatic carbocycles. The van der Waals surface area contributed by atoms with E-state index in [-0.39, 0.29) is 5.56 Å². The molecule has 24 heavy (non-hydrogen) atoms. The summed E-state index contributed by atoms with van der Waals surface area (Å²) in [7, 11) is 0. The number of aromatic amines is 1. The fourth-order valence-corrected chi connectivity index (χ4v) is 3.47. The lowest BCUT2D eigenvalue weighted by atomic mass is 9.94. The van der Waals surface area contributed by atoms with Crippen LogP contribution < -0.4 is 10.9 Å². The Bertz CT molecular complexity index is 856. The van der Waals surface area contributed by atoms with Gasteiger partial charge in [0.1, 0.15) is 0 Å². The summed E-state index contributed by atoms with van der Waals surface area (Å²) in [6.45, 7) is 2.02. The first-order valence-electron chi connectivity index (χ1n) is 8.50. The van der Waals surface area contributed by atoms with Crippen molar-refractivity contribution in [2.24, 2.45) is 0 Å². The number of nitrogens with one attached hydrogen (secondary N) is 2. The maximum atomic E-state index is 11.9. The average Bonchev–Trinajstić information content (AvgIpc) is 3.05. The molecule has 4 heteroatoms. The number of H-pyrrole nitrogens is 1. The second-order valence-corrected chi connectivity index (χ2v) is 6.32. The van der Waals surface area contributed by atoms with Gasteiger partial charge in [0.05, 0.1) is 5.69 Å². The minimum Gasteiger partial charge on any atom is -0.317 e. The molecule has 2 heterocycles. The Balaban J connectivity index is 1.68. The number of nitrogens with zero attached hydrogens (tertiary/aromatic N) is 1. The summed E-state index contributed by atoms with van der Waals surface area (Å²) in [5, 5.41) is 6.34. The number of hydrogen-bond acceptors (Lipinski definition) is 2. The zero-order valence-electron chi connectivity index (χ0n) is 13.5. The van der Waals surface area contributed by atoms with Crippen LogP contribution in [0.2, 0.25) is 0 Å². The molecule has 0 unspecified atom stereocenters. The number of rotatable bonds is 3. The molecule has 1 aromatic heterocycles. The van der Waals surface area contributed by atoms with Gasteiger partial charge in [0, 0.05) is 17.7 Å². The van der Waals surface area contributed by atoms with E-state index in [1.807, 2.05) is 22.9 Å². The molecule has 1 aliphatic heterocycles. The predicted molar refractivity (Wildman–Crippen MR) is 96.7 cm³/mol. The lowest BCUT2D eigenvalue weighted by molar-refractivity contribution is 0.446. The zero-order chi connectivity index (χ0) is 16.4. The minimum absolute atomic E-state index is 0.0318. The van der Waals surface area contributed by atoms with Crippen molar-refractivity contribution in [2.75, 3.05) is 13.1 Å².